The summed E-state index contributed by atoms with van der Waals surface area (Å²) in [4.78, 5) is 3.78. The molecular weight excluding hydrogens is 325 g/mol. The first-order valence-corrected chi connectivity index (χ1v) is 11.0. The van der Waals surface area contributed by atoms with Crippen LogP contribution in [0.2, 0.25) is 25.7 Å². The van der Waals surface area contributed by atoms with Crippen molar-refractivity contribution in [3.63, 3.8) is 0 Å². The molecule has 0 saturated carbocycles. The van der Waals surface area contributed by atoms with E-state index in [0.717, 1.165) is 12.2 Å². The van der Waals surface area contributed by atoms with E-state index in [1.807, 2.05) is 0 Å². The van der Waals surface area contributed by atoms with E-state index < -0.39 is 19.8 Å². The van der Waals surface area contributed by atoms with Gasteiger partial charge in [-0.25, -0.2) is 4.98 Å². The van der Waals surface area contributed by atoms with Gasteiger partial charge in [0.15, 0.2) is 0 Å². The van der Waals surface area contributed by atoms with Gasteiger partial charge in [0.25, 0.3) is 0 Å². The second-order valence-electron chi connectivity index (χ2n) is 6.57. The molecule has 8 heteroatoms. The van der Waals surface area contributed by atoms with Gasteiger partial charge in [-0.2, -0.15) is 13.2 Å². The van der Waals surface area contributed by atoms with Crippen molar-refractivity contribution >= 4 is 19.0 Å². The van der Waals surface area contributed by atoms with Gasteiger partial charge in [0.1, 0.15) is 12.2 Å². The molecule has 0 aliphatic carbocycles. The molecule has 23 heavy (non-hydrogen) atoms. The van der Waals surface area contributed by atoms with Crippen LogP contribution in [0.4, 0.5) is 13.2 Å². The first-order chi connectivity index (χ1) is 10.6. The van der Waals surface area contributed by atoms with Crippen LogP contribution in [0.3, 0.4) is 0 Å². The topological polar surface area (TPSA) is 36.3 Å². The lowest BCUT2D eigenvalue weighted by atomic mass is 10.2. The minimum absolute atomic E-state index is 0.0677. The zero-order valence-electron chi connectivity index (χ0n) is 13.7. The molecule has 2 rings (SSSR count). The number of nitrogens with zero attached hydrogens (tertiary/aromatic N) is 2. The summed E-state index contributed by atoms with van der Waals surface area (Å²) >= 11 is 0. The van der Waals surface area contributed by atoms with Crippen LogP contribution < -0.4 is 4.74 Å². The summed E-state index contributed by atoms with van der Waals surface area (Å²) in [6, 6.07) is 2.42. The third kappa shape index (κ3) is 4.26. The first kappa shape index (κ1) is 17.8. The second kappa shape index (κ2) is 6.52. The number of aromatic nitrogens is 2. The van der Waals surface area contributed by atoms with Crippen LogP contribution in [0.1, 0.15) is 5.56 Å². The molecule has 0 spiro atoms. The number of halogens is 3. The molecule has 0 saturated heterocycles. The third-order valence-corrected chi connectivity index (χ3v) is 5.20. The van der Waals surface area contributed by atoms with E-state index in [1.54, 1.807) is 10.8 Å². The number of hydrogen-bond donors (Lipinski definition) is 0. The van der Waals surface area contributed by atoms with E-state index in [1.165, 1.54) is 13.2 Å². The maximum Gasteiger partial charge on any atom is 0.418 e. The molecule has 2 aromatic heterocycles. The summed E-state index contributed by atoms with van der Waals surface area (Å²) in [6.07, 6.45) is -2.08. The molecule has 128 valence electrons. The number of hydrogen-bond acceptors (Lipinski definition) is 3. The van der Waals surface area contributed by atoms with Crippen LogP contribution in [0.15, 0.2) is 18.5 Å². The van der Waals surface area contributed by atoms with Gasteiger partial charge in [0, 0.05) is 32.5 Å². The van der Waals surface area contributed by atoms with Crippen LogP contribution in [0.25, 0.3) is 10.9 Å². The van der Waals surface area contributed by atoms with Gasteiger partial charge in [-0.1, -0.05) is 19.6 Å². The Morgan fingerprint density at radius 2 is 1.96 bits per heavy atom. The minimum Gasteiger partial charge on any atom is -0.479 e. The average molecular weight is 346 g/mol. The summed E-state index contributed by atoms with van der Waals surface area (Å²) in [6.45, 7) is 7.48. The third-order valence-electron chi connectivity index (χ3n) is 3.49. The number of methoxy groups -OCH3 is 1. The van der Waals surface area contributed by atoms with Crippen molar-refractivity contribution < 1.29 is 22.6 Å². The largest absolute Gasteiger partial charge is 0.479 e. The molecule has 0 aliphatic heterocycles. The Bertz CT molecular complexity index is 678. The highest BCUT2D eigenvalue weighted by Crippen LogP contribution is 2.37. The summed E-state index contributed by atoms with van der Waals surface area (Å²) in [7, 11) is 0.183. The molecule has 0 fully saturated rings. The Morgan fingerprint density at radius 1 is 1.26 bits per heavy atom. The summed E-state index contributed by atoms with van der Waals surface area (Å²) in [5.74, 6) is 0.159. The molecule has 0 radical (unpaired) electrons. The monoisotopic (exact) mass is 346 g/mol. The zero-order valence-corrected chi connectivity index (χ0v) is 14.7. The van der Waals surface area contributed by atoms with Crippen LogP contribution in [-0.2, 0) is 17.6 Å². The van der Waals surface area contributed by atoms with E-state index >= 15 is 0 Å². The van der Waals surface area contributed by atoms with Gasteiger partial charge in [0.2, 0.25) is 5.88 Å². The molecule has 0 aliphatic rings. The molecule has 0 unspecified atom stereocenters. The van der Waals surface area contributed by atoms with E-state index in [2.05, 4.69) is 24.6 Å². The first-order valence-electron chi connectivity index (χ1n) is 7.30. The SMILES string of the molecule is COc1ncc(C(F)(F)F)c2ccn(COCC[Si](C)(C)C)c12. The van der Waals surface area contributed by atoms with Gasteiger partial charge in [-0.3, -0.25) is 0 Å². The molecular formula is C15H21F3N2O2Si. The quantitative estimate of drug-likeness (QED) is 0.575. The van der Waals surface area contributed by atoms with E-state index in [4.69, 9.17) is 9.47 Å². The van der Waals surface area contributed by atoms with E-state index in [-0.39, 0.29) is 18.0 Å². The number of pyridine rings is 1. The van der Waals surface area contributed by atoms with Crippen LogP contribution >= 0.6 is 0 Å². The maximum absolute atomic E-state index is 13.1. The summed E-state index contributed by atoms with van der Waals surface area (Å²) < 4.78 is 51.6. The van der Waals surface area contributed by atoms with Crippen molar-refractivity contribution in [2.75, 3.05) is 13.7 Å². The summed E-state index contributed by atoms with van der Waals surface area (Å²) in [5, 5.41) is 0.0677. The Balaban J connectivity index is 2.28. The molecule has 0 atom stereocenters. The summed E-state index contributed by atoms with van der Waals surface area (Å²) in [5.41, 5.74) is -0.468. The van der Waals surface area contributed by atoms with Crippen molar-refractivity contribution in [1.29, 1.82) is 0 Å². The predicted octanol–water partition coefficient (Wildman–Crippen LogP) is 4.38. The van der Waals surface area contributed by atoms with Crippen LogP contribution in [0.5, 0.6) is 5.88 Å². The van der Waals surface area contributed by atoms with Crippen molar-refractivity contribution in [2.45, 2.75) is 38.6 Å². The van der Waals surface area contributed by atoms with Crippen molar-refractivity contribution in [3.8, 4) is 5.88 Å². The average Bonchev–Trinajstić information content (AvgIpc) is 2.84. The highest BCUT2D eigenvalue weighted by atomic mass is 28.3. The fourth-order valence-electron chi connectivity index (χ4n) is 2.21. The normalized spacial score (nSPS) is 12.8. The molecule has 2 heterocycles. The number of ether oxygens (including phenoxy) is 2. The molecule has 0 bridgehead atoms. The smallest absolute Gasteiger partial charge is 0.418 e. The fraction of sp³-hybridized carbons (Fsp3) is 0.533. The lowest BCUT2D eigenvalue weighted by molar-refractivity contribution is -0.136. The highest BCUT2D eigenvalue weighted by Gasteiger charge is 2.34. The molecule has 0 amide bonds. The molecule has 2 aromatic rings. The lowest BCUT2D eigenvalue weighted by Crippen LogP contribution is -2.22. The fourth-order valence-corrected chi connectivity index (χ4v) is 2.96. The standard InChI is InChI=1S/C15H21F3N2O2Si/c1-21-14-13-11(12(9-19-14)15(16,17)18)5-6-20(13)10-22-7-8-23(2,3)4/h5-6,9H,7-8,10H2,1-4H3. The van der Waals surface area contributed by atoms with Crippen LogP contribution in [-0.4, -0.2) is 31.3 Å². The molecule has 0 aromatic carbocycles. The second-order valence-corrected chi connectivity index (χ2v) is 12.2. The number of alkyl halides is 3. The zero-order chi connectivity index (χ0) is 17.3. The van der Waals surface area contributed by atoms with Crippen molar-refractivity contribution in [3.05, 3.63) is 24.0 Å². The van der Waals surface area contributed by atoms with Gasteiger partial charge in [-0.15, -0.1) is 0 Å². The lowest BCUT2D eigenvalue weighted by Gasteiger charge is -2.16. The van der Waals surface area contributed by atoms with Crippen molar-refractivity contribution in [1.82, 2.24) is 9.55 Å². The van der Waals surface area contributed by atoms with Gasteiger partial charge in [-0.05, 0) is 12.1 Å². The van der Waals surface area contributed by atoms with Crippen LogP contribution in [0, 0.1) is 0 Å². The van der Waals surface area contributed by atoms with E-state index in [9.17, 15) is 13.2 Å². The Morgan fingerprint density at radius 3 is 2.52 bits per heavy atom. The Hall–Kier alpha value is -1.54. The highest BCUT2D eigenvalue weighted by molar-refractivity contribution is 6.76. The van der Waals surface area contributed by atoms with Gasteiger partial charge >= 0.3 is 6.18 Å². The van der Waals surface area contributed by atoms with E-state index in [0.29, 0.717) is 12.1 Å². The van der Waals surface area contributed by atoms with Crippen molar-refractivity contribution in [2.24, 2.45) is 0 Å². The minimum atomic E-state index is -4.46. The number of fused-ring (bicyclic) bond motifs is 1. The van der Waals surface area contributed by atoms with Gasteiger partial charge < -0.3 is 14.0 Å². The maximum atomic E-state index is 13.1. The molecule has 4 nitrogen and oxygen atoms in total. The Kier molecular flexibility index (Phi) is 5.05. The van der Waals surface area contributed by atoms with Gasteiger partial charge in [0.05, 0.1) is 12.7 Å². The Labute approximate surface area is 134 Å². The number of rotatable bonds is 6. The molecule has 0 N–H and O–H groups in total. The predicted molar refractivity (Wildman–Crippen MR) is 85.4 cm³/mol.